The first-order valence-electron chi connectivity index (χ1n) is 11.0. The molecule has 2 bridgehead atoms. The molecule has 0 aromatic heterocycles. The van der Waals surface area contributed by atoms with E-state index in [4.69, 9.17) is 9.47 Å². The molecule has 1 aromatic rings. The van der Waals surface area contributed by atoms with Gasteiger partial charge in [-0.05, 0) is 51.3 Å². The number of likely N-dealkylation sites (tertiary alicyclic amines) is 3. The number of ether oxygens (including phenoxy) is 2. The van der Waals surface area contributed by atoms with Gasteiger partial charge in [-0.1, -0.05) is 12.1 Å². The zero-order chi connectivity index (χ0) is 23.2. The Kier molecular flexibility index (Phi) is 5.87. The Morgan fingerprint density at radius 2 is 1.91 bits per heavy atom. The maximum Gasteiger partial charge on any atom is 0.411 e. The van der Waals surface area contributed by atoms with E-state index in [2.05, 4.69) is 4.90 Å². The normalized spacial score (nSPS) is 27.8. The second-order valence-electron chi connectivity index (χ2n) is 9.76. The minimum absolute atomic E-state index is 0.0100. The molecule has 3 heterocycles. The number of benzene rings is 1. The van der Waals surface area contributed by atoms with Crippen LogP contribution in [-0.4, -0.2) is 82.6 Å². The highest BCUT2D eigenvalue weighted by atomic mass is 19.1. The first-order chi connectivity index (χ1) is 15.1. The van der Waals surface area contributed by atoms with Crippen LogP contribution in [0.25, 0.3) is 0 Å². The van der Waals surface area contributed by atoms with E-state index < -0.39 is 23.7 Å². The van der Waals surface area contributed by atoms with E-state index >= 15 is 0 Å². The van der Waals surface area contributed by atoms with Crippen LogP contribution < -0.4 is 0 Å². The number of amides is 2. The van der Waals surface area contributed by atoms with Gasteiger partial charge in [0.2, 0.25) is 5.91 Å². The van der Waals surface area contributed by atoms with Gasteiger partial charge in [0.25, 0.3) is 0 Å². The fraction of sp³-hybridized carbons (Fsp3) is 0.609. The lowest BCUT2D eigenvalue weighted by Crippen LogP contribution is -2.54. The number of methoxy groups -OCH3 is 1. The van der Waals surface area contributed by atoms with Crippen molar-refractivity contribution >= 4 is 18.0 Å². The van der Waals surface area contributed by atoms with Gasteiger partial charge in [0, 0.05) is 31.7 Å². The molecule has 0 N–H and O–H groups in total. The number of rotatable bonds is 4. The number of hydrogen-bond acceptors (Lipinski definition) is 6. The van der Waals surface area contributed by atoms with E-state index in [-0.39, 0.29) is 29.8 Å². The molecule has 3 fully saturated rings. The van der Waals surface area contributed by atoms with Gasteiger partial charge in [-0.15, -0.1) is 0 Å². The summed E-state index contributed by atoms with van der Waals surface area (Å²) in [4.78, 5) is 43.5. The highest BCUT2D eigenvalue weighted by Crippen LogP contribution is 2.38. The number of nitrogens with zero attached hydrogens (tertiary/aromatic N) is 3. The molecule has 0 aliphatic carbocycles. The third kappa shape index (κ3) is 4.30. The molecule has 3 saturated heterocycles. The van der Waals surface area contributed by atoms with Crippen molar-refractivity contribution in [3.8, 4) is 0 Å². The molecule has 0 unspecified atom stereocenters. The quantitative estimate of drug-likeness (QED) is 0.659. The molecule has 8 nitrogen and oxygen atoms in total. The first-order valence-corrected chi connectivity index (χ1v) is 11.0. The maximum atomic E-state index is 13.5. The van der Waals surface area contributed by atoms with E-state index in [1.807, 2.05) is 11.0 Å². The molecular weight excluding hydrogens is 417 g/mol. The highest BCUT2D eigenvalue weighted by molar-refractivity contribution is 5.86. The van der Waals surface area contributed by atoms with E-state index in [1.54, 1.807) is 26.8 Å². The summed E-state index contributed by atoms with van der Waals surface area (Å²) in [6.07, 6.45) is 0.533. The van der Waals surface area contributed by atoms with Gasteiger partial charge in [-0.2, -0.15) is 0 Å². The second kappa shape index (κ2) is 8.35. The van der Waals surface area contributed by atoms with Gasteiger partial charge in [-0.25, -0.2) is 14.0 Å². The second-order valence-corrected chi connectivity index (χ2v) is 9.76. The molecule has 4 rings (SSSR count). The van der Waals surface area contributed by atoms with Crippen LogP contribution in [0.4, 0.5) is 9.18 Å². The van der Waals surface area contributed by atoms with Crippen LogP contribution >= 0.6 is 0 Å². The Labute approximate surface area is 187 Å². The van der Waals surface area contributed by atoms with Crippen molar-refractivity contribution < 1.29 is 28.2 Å². The third-order valence-electron chi connectivity index (χ3n) is 6.42. The minimum Gasteiger partial charge on any atom is -0.467 e. The lowest BCUT2D eigenvalue weighted by Gasteiger charge is -2.37. The molecule has 3 aliphatic heterocycles. The number of hydrogen-bond donors (Lipinski definition) is 0. The average molecular weight is 448 g/mol. The Balaban J connectivity index is 1.45. The largest absolute Gasteiger partial charge is 0.467 e. The third-order valence-corrected chi connectivity index (χ3v) is 6.42. The zero-order valence-electron chi connectivity index (χ0n) is 18.9. The molecule has 0 saturated carbocycles. The van der Waals surface area contributed by atoms with Crippen LogP contribution in [0.5, 0.6) is 0 Å². The zero-order valence-corrected chi connectivity index (χ0v) is 18.9. The summed E-state index contributed by atoms with van der Waals surface area (Å²) in [5.74, 6) is -0.791. The van der Waals surface area contributed by atoms with E-state index in [0.717, 1.165) is 5.56 Å². The maximum absolute atomic E-state index is 13.5. The number of piperazine rings is 1. The molecule has 1 aromatic carbocycles. The lowest BCUT2D eigenvalue weighted by atomic mass is 10.1. The Hall–Kier alpha value is -2.68. The van der Waals surface area contributed by atoms with E-state index in [0.29, 0.717) is 32.5 Å². The lowest BCUT2D eigenvalue weighted by molar-refractivity contribution is -0.145. The van der Waals surface area contributed by atoms with Gasteiger partial charge in [-0.3, -0.25) is 14.6 Å². The standard InChI is InChI=1S/C23H30FN3O5/c1-23(2,3)32-22(30)27-13-16(10-19(27)21(29)31-4)25-12-17-9-18(25)20(28)26(17)11-14-6-5-7-15(24)8-14/h5-8,16-19H,9-13H2,1-4H3/t16-,17-,18-,19-/m0/s1. The molecule has 0 radical (unpaired) electrons. The Morgan fingerprint density at radius 3 is 2.53 bits per heavy atom. The van der Waals surface area contributed by atoms with Crippen molar-refractivity contribution in [1.82, 2.24) is 14.7 Å². The predicted molar refractivity (Wildman–Crippen MR) is 113 cm³/mol. The van der Waals surface area contributed by atoms with Gasteiger partial charge in [0.15, 0.2) is 0 Å². The summed E-state index contributed by atoms with van der Waals surface area (Å²) in [5.41, 5.74) is 0.0795. The number of carbonyl (C=O) groups excluding carboxylic acids is 3. The number of carbonyl (C=O) groups is 3. The molecule has 9 heteroatoms. The molecule has 2 amide bonds. The van der Waals surface area contributed by atoms with E-state index in [1.165, 1.54) is 24.1 Å². The van der Waals surface area contributed by atoms with Crippen molar-refractivity contribution in [3.63, 3.8) is 0 Å². The van der Waals surface area contributed by atoms with Gasteiger partial charge < -0.3 is 14.4 Å². The van der Waals surface area contributed by atoms with Crippen molar-refractivity contribution in [2.75, 3.05) is 20.2 Å². The summed E-state index contributed by atoms with van der Waals surface area (Å²) in [6.45, 7) is 6.66. The topological polar surface area (TPSA) is 79.4 Å². The van der Waals surface area contributed by atoms with Gasteiger partial charge >= 0.3 is 12.1 Å². The van der Waals surface area contributed by atoms with Crippen molar-refractivity contribution in [2.24, 2.45) is 0 Å². The summed E-state index contributed by atoms with van der Waals surface area (Å²) in [5, 5.41) is 0. The van der Waals surface area contributed by atoms with Crippen LogP contribution in [0.2, 0.25) is 0 Å². The van der Waals surface area contributed by atoms with Crippen LogP contribution in [0.15, 0.2) is 24.3 Å². The summed E-state index contributed by atoms with van der Waals surface area (Å²) < 4.78 is 23.9. The average Bonchev–Trinajstić information content (AvgIpc) is 3.40. The Bertz CT molecular complexity index is 917. The molecule has 3 aliphatic rings. The minimum atomic E-state index is -0.738. The molecule has 32 heavy (non-hydrogen) atoms. The van der Waals surface area contributed by atoms with Crippen molar-refractivity contribution in [2.45, 2.75) is 69.9 Å². The van der Waals surface area contributed by atoms with Crippen molar-refractivity contribution in [3.05, 3.63) is 35.6 Å². The molecule has 0 spiro atoms. The van der Waals surface area contributed by atoms with Crippen LogP contribution in [0.1, 0.15) is 39.2 Å². The monoisotopic (exact) mass is 447 g/mol. The summed E-state index contributed by atoms with van der Waals surface area (Å²) >= 11 is 0. The SMILES string of the molecule is COC(=O)[C@@H]1C[C@H](N2C[C@@H]3C[C@H]2C(=O)N3Cc2cccc(F)c2)CN1C(=O)OC(C)(C)C. The smallest absolute Gasteiger partial charge is 0.411 e. The van der Waals surface area contributed by atoms with Crippen LogP contribution in [0, 0.1) is 5.82 Å². The number of fused-ring (bicyclic) bond motifs is 2. The van der Waals surface area contributed by atoms with Gasteiger partial charge in [0.1, 0.15) is 17.5 Å². The summed E-state index contributed by atoms with van der Waals surface area (Å²) in [6, 6.07) is 5.16. The summed E-state index contributed by atoms with van der Waals surface area (Å²) in [7, 11) is 1.30. The number of esters is 1. The van der Waals surface area contributed by atoms with Gasteiger partial charge in [0.05, 0.1) is 13.2 Å². The Morgan fingerprint density at radius 1 is 1.16 bits per heavy atom. The molecule has 174 valence electrons. The first kappa shape index (κ1) is 22.5. The highest BCUT2D eigenvalue weighted by Gasteiger charge is 2.54. The molecular formula is C23H30FN3O5. The van der Waals surface area contributed by atoms with Crippen LogP contribution in [0.3, 0.4) is 0 Å². The fourth-order valence-corrected chi connectivity index (χ4v) is 5.06. The fourth-order valence-electron chi connectivity index (χ4n) is 5.06. The number of halogens is 1. The van der Waals surface area contributed by atoms with E-state index in [9.17, 15) is 18.8 Å². The molecule has 4 atom stereocenters. The van der Waals surface area contributed by atoms with Crippen molar-refractivity contribution in [1.29, 1.82) is 0 Å². The van der Waals surface area contributed by atoms with Crippen LogP contribution in [-0.2, 0) is 25.6 Å². The predicted octanol–water partition coefficient (Wildman–Crippen LogP) is 2.16.